The lowest BCUT2D eigenvalue weighted by Crippen LogP contribution is -2.32. The highest BCUT2D eigenvalue weighted by atomic mass is 32.2. The first-order valence-electron chi connectivity index (χ1n) is 6.80. The van der Waals surface area contributed by atoms with Crippen LogP contribution in [0.2, 0.25) is 0 Å². The zero-order valence-electron chi connectivity index (χ0n) is 11.1. The fraction of sp³-hybridized carbons (Fsp3) is 0.571. The Morgan fingerprint density at radius 2 is 1.89 bits per heavy atom. The maximum absolute atomic E-state index is 12.2. The van der Waals surface area contributed by atoms with Crippen molar-refractivity contribution in [3.05, 3.63) is 29.8 Å². The third-order valence-corrected chi connectivity index (χ3v) is 5.45. The summed E-state index contributed by atoms with van der Waals surface area (Å²) in [4.78, 5) is 2.60. The molecule has 2 saturated heterocycles. The molecule has 0 N–H and O–H groups in total. The van der Waals surface area contributed by atoms with Gasteiger partial charge in [-0.15, -0.1) is 0 Å². The van der Waals surface area contributed by atoms with Gasteiger partial charge in [0.05, 0.1) is 11.0 Å². The number of hydrogen-bond donors (Lipinski definition) is 0. The Hall–Kier alpha value is -0.910. The third kappa shape index (κ3) is 2.55. The number of aryl methyl sites for hydroxylation is 1. The highest BCUT2D eigenvalue weighted by Gasteiger charge is 2.40. The van der Waals surface area contributed by atoms with Gasteiger partial charge in [-0.3, -0.25) is 9.08 Å². The van der Waals surface area contributed by atoms with Crippen LogP contribution in [-0.2, 0) is 14.3 Å². The molecule has 3 rings (SSSR count). The van der Waals surface area contributed by atoms with Crippen LogP contribution in [0.15, 0.2) is 29.2 Å². The highest BCUT2D eigenvalue weighted by Crippen LogP contribution is 2.32. The molecule has 4 nitrogen and oxygen atoms in total. The number of nitrogens with zero attached hydrogens (tertiary/aromatic N) is 1. The van der Waals surface area contributed by atoms with Gasteiger partial charge >= 0.3 is 0 Å². The Balaban J connectivity index is 1.76. The summed E-state index contributed by atoms with van der Waals surface area (Å²) < 4.78 is 30.0. The summed E-state index contributed by atoms with van der Waals surface area (Å²) >= 11 is 0. The second-order valence-corrected chi connectivity index (χ2v) is 7.01. The summed E-state index contributed by atoms with van der Waals surface area (Å²) in [5.74, 6) is 0. The van der Waals surface area contributed by atoms with Crippen molar-refractivity contribution in [1.82, 2.24) is 4.90 Å². The zero-order chi connectivity index (χ0) is 13.5. The van der Waals surface area contributed by atoms with Crippen molar-refractivity contribution in [3.63, 3.8) is 0 Å². The van der Waals surface area contributed by atoms with Gasteiger partial charge in [0.2, 0.25) is 0 Å². The topological polar surface area (TPSA) is 46.6 Å². The van der Waals surface area contributed by atoms with E-state index in [0.29, 0.717) is 6.04 Å². The van der Waals surface area contributed by atoms with Crippen molar-refractivity contribution in [2.24, 2.45) is 0 Å². The molecular weight excluding hydrogens is 262 g/mol. The SMILES string of the molecule is Cc1ccc(S(=O)(=O)OC2CCN3CCCC23)cc1. The van der Waals surface area contributed by atoms with E-state index >= 15 is 0 Å². The van der Waals surface area contributed by atoms with Crippen LogP contribution < -0.4 is 0 Å². The summed E-state index contributed by atoms with van der Waals surface area (Å²) in [5.41, 5.74) is 1.04. The van der Waals surface area contributed by atoms with Crippen molar-refractivity contribution >= 4 is 10.1 Å². The fourth-order valence-corrected chi connectivity index (χ4v) is 4.20. The first-order chi connectivity index (χ1) is 9.06. The lowest BCUT2D eigenvalue weighted by Gasteiger charge is -2.20. The predicted octanol–water partition coefficient (Wildman–Crippen LogP) is 1.94. The Labute approximate surface area is 114 Å². The molecule has 2 atom stereocenters. The molecule has 19 heavy (non-hydrogen) atoms. The molecule has 0 aliphatic carbocycles. The van der Waals surface area contributed by atoms with Crippen LogP contribution in [0, 0.1) is 6.92 Å². The maximum Gasteiger partial charge on any atom is 0.297 e. The van der Waals surface area contributed by atoms with E-state index in [4.69, 9.17) is 4.18 Å². The van der Waals surface area contributed by atoms with Crippen LogP contribution in [0.1, 0.15) is 24.8 Å². The molecule has 0 bridgehead atoms. The van der Waals surface area contributed by atoms with E-state index in [0.717, 1.165) is 37.9 Å². The molecule has 1 aromatic rings. The molecule has 0 radical (unpaired) electrons. The van der Waals surface area contributed by atoms with Gasteiger partial charge in [0.15, 0.2) is 0 Å². The molecule has 2 aliphatic rings. The minimum Gasteiger partial charge on any atom is -0.298 e. The molecule has 0 aromatic heterocycles. The minimum absolute atomic E-state index is 0.172. The Morgan fingerprint density at radius 1 is 1.16 bits per heavy atom. The monoisotopic (exact) mass is 281 g/mol. The molecule has 2 fully saturated rings. The van der Waals surface area contributed by atoms with Crippen molar-refractivity contribution in [2.45, 2.75) is 43.2 Å². The van der Waals surface area contributed by atoms with Gasteiger partial charge in [-0.2, -0.15) is 8.42 Å². The highest BCUT2D eigenvalue weighted by molar-refractivity contribution is 7.86. The number of hydrogen-bond acceptors (Lipinski definition) is 4. The van der Waals surface area contributed by atoms with Gasteiger partial charge in [-0.05, 0) is 44.9 Å². The van der Waals surface area contributed by atoms with Gasteiger partial charge < -0.3 is 0 Å². The first kappa shape index (κ1) is 13.1. The van der Waals surface area contributed by atoms with E-state index in [1.165, 1.54) is 0 Å². The van der Waals surface area contributed by atoms with E-state index < -0.39 is 10.1 Å². The van der Waals surface area contributed by atoms with Gasteiger partial charge in [-0.25, -0.2) is 0 Å². The molecule has 104 valence electrons. The van der Waals surface area contributed by atoms with Crippen molar-refractivity contribution in [2.75, 3.05) is 13.1 Å². The van der Waals surface area contributed by atoms with E-state index in [9.17, 15) is 8.42 Å². The lowest BCUT2D eigenvalue weighted by atomic mass is 10.1. The van der Waals surface area contributed by atoms with Crippen LogP contribution in [0.4, 0.5) is 0 Å². The molecular formula is C14H19NO3S. The molecule has 5 heteroatoms. The summed E-state index contributed by atoms with van der Waals surface area (Å²) in [5, 5.41) is 0. The Kier molecular flexibility index (Phi) is 3.37. The normalized spacial score (nSPS) is 27.6. The van der Waals surface area contributed by atoms with Gasteiger partial charge in [0.1, 0.15) is 0 Å². The molecule has 1 aromatic carbocycles. The lowest BCUT2D eigenvalue weighted by molar-refractivity contribution is 0.166. The number of rotatable bonds is 3. The summed E-state index contributed by atoms with van der Waals surface area (Å²) in [6, 6.07) is 7.12. The summed E-state index contributed by atoms with van der Waals surface area (Å²) in [6.07, 6.45) is 2.84. The fourth-order valence-electron chi connectivity index (χ4n) is 3.07. The second-order valence-electron chi connectivity index (χ2n) is 5.44. The molecule has 2 heterocycles. The Bertz CT molecular complexity index is 553. The first-order valence-corrected chi connectivity index (χ1v) is 8.21. The smallest absolute Gasteiger partial charge is 0.297 e. The minimum atomic E-state index is -3.63. The van der Waals surface area contributed by atoms with Gasteiger partial charge in [0, 0.05) is 12.6 Å². The van der Waals surface area contributed by atoms with Crippen LogP contribution in [0.25, 0.3) is 0 Å². The zero-order valence-corrected chi connectivity index (χ0v) is 11.9. The van der Waals surface area contributed by atoms with E-state index in [1.807, 2.05) is 6.92 Å². The van der Waals surface area contributed by atoms with Crippen LogP contribution in [-0.4, -0.2) is 38.6 Å². The molecule has 2 unspecified atom stereocenters. The predicted molar refractivity (Wildman–Crippen MR) is 72.4 cm³/mol. The summed E-state index contributed by atoms with van der Waals surface area (Å²) in [7, 11) is -3.63. The second kappa shape index (κ2) is 4.89. The summed E-state index contributed by atoms with van der Waals surface area (Å²) in [6.45, 7) is 3.97. The molecule has 0 amide bonds. The van der Waals surface area contributed by atoms with Crippen LogP contribution in [0.5, 0.6) is 0 Å². The molecule has 0 spiro atoms. The van der Waals surface area contributed by atoms with Crippen molar-refractivity contribution in [3.8, 4) is 0 Å². The largest absolute Gasteiger partial charge is 0.298 e. The average molecular weight is 281 g/mol. The Morgan fingerprint density at radius 3 is 2.63 bits per heavy atom. The van der Waals surface area contributed by atoms with Gasteiger partial charge in [0.25, 0.3) is 10.1 Å². The quantitative estimate of drug-likeness (QED) is 0.794. The van der Waals surface area contributed by atoms with Gasteiger partial charge in [-0.1, -0.05) is 17.7 Å². The van der Waals surface area contributed by atoms with E-state index in [2.05, 4.69) is 4.90 Å². The van der Waals surface area contributed by atoms with E-state index in [1.54, 1.807) is 24.3 Å². The van der Waals surface area contributed by atoms with Crippen LogP contribution >= 0.6 is 0 Å². The van der Waals surface area contributed by atoms with Crippen molar-refractivity contribution in [1.29, 1.82) is 0 Å². The number of benzene rings is 1. The molecule has 0 saturated carbocycles. The molecule has 2 aliphatic heterocycles. The van der Waals surface area contributed by atoms with Crippen molar-refractivity contribution < 1.29 is 12.6 Å². The number of fused-ring (bicyclic) bond motifs is 1. The third-order valence-electron chi connectivity index (χ3n) is 4.10. The van der Waals surface area contributed by atoms with Crippen LogP contribution in [0.3, 0.4) is 0 Å². The maximum atomic E-state index is 12.2. The standard InChI is InChI=1S/C14H19NO3S/c1-11-4-6-12(7-5-11)19(16,17)18-14-8-10-15-9-2-3-13(14)15/h4-7,13-14H,2-3,8-10H2,1H3. The van der Waals surface area contributed by atoms with E-state index in [-0.39, 0.29) is 11.0 Å². The average Bonchev–Trinajstić information content (AvgIpc) is 2.95.